The van der Waals surface area contributed by atoms with E-state index in [2.05, 4.69) is 4.99 Å². The van der Waals surface area contributed by atoms with E-state index in [1.54, 1.807) is 26.2 Å². The molecule has 0 aliphatic rings. The first-order chi connectivity index (χ1) is 6.25. The molecule has 0 heterocycles. The van der Waals surface area contributed by atoms with Gasteiger partial charge in [0, 0.05) is 19.7 Å². The van der Waals surface area contributed by atoms with Crippen LogP contribution in [-0.2, 0) is 0 Å². The van der Waals surface area contributed by atoms with Gasteiger partial charge in [0.05, 0.1) is 6.34 Å². The van der Waals surface area contributed by atoms with Gasteiger partial charge in [0.15, 0.2) is 0 Å². The Balaban J connectivity index is 2.80. The van der Waals surface area contributed by atoms with Crippen molar-refractivity contribution in [1.82, 2.24) is 4.90 Å². The Morgan fingerprint density at radius 1 is 1.38 bits per heavy atom. The molecule has 1 amide bonds. The van der Waals surface area contributed by atoms with E-state index in [0.29, 0.717) is 5.56 Å². The maximum absolute atomic E-state index is 11.6. The summed E-state index contributed by atoms with van der Waals surface area (Å²) in [6.45, 7) is 0. The monoisotopic (exact) mass is 176 g/mol. The van der Waals surface area contributed by atoms with Crippen molar-refractivity contribution in [3.05, 3.63) is 35.9 Å². The van der Waals surface area contributed by atoms with Gasteiger partial charge in [-0.05, 0) is 12.1 Å². The number of benzene rings is 1. The van der Waals surface area contributed by atoms with Crippen LogP contribution in [0.5, 0.6) is 0 Å². The SMILES string of the molecule is C/N=C\N(C)C(=O)c1ccccc1. The van der Waals surface area contributed by atoms with Crippen molar-refractivity contribution >= 4 is 12.2 Å². The molecule has 0 aliphatic heterocycles. The van der Waals surface area contributed by atoms with Crippen LogP contribution in [0.3, 0.4) is 0 Å². The molecule has 68 valence electrons. The van der Waals surface area contributed by atoms with Crippen LogP contribution >= 0.6 is 0 Å². The van der Waals surface area contributed by atoms with E-state index in [4.69, 9.17) is 0 Å². The van der Waals surface area contributed by atoms with Gasteiger partial charge < -0.3 is 4.90 Å². The number of aliphatic imine (C=N–C) groups is 1. The zero-order chi connectivity index (χ0) is 9.68. The molecule has 0 N–H and O–H groups in total. The Hall–Kier alpha value is -1.64. The van der Waals surface area contributed by atoms with Crippen LogP contribution in [0.1, 0.15) is 10.4 Å². The van der Waals surface area contributed by atoms with Gasteiger partial charge in [0.2, 0.25) is 0 Å². The van der Waals surface area contributed by atoms with Crippen molar-refractivity contribution in [2.45, 2.75) is 0 Å². The first kappa shape index (κ1) is 9.45. The molecule has 1 aromatic carbocycles. The van der Waals surface area contributed by atoms with Crippen molar-refractivity contribution in [3.63, 3.8) is 0 Å². The fraction of sp³-hybridized carbons (Fsp3) is 0.200. The molecule has 0 unspecified atom stereocenters. The van der Waals surface area contributed by atoms with Gasteiger partial charge in [-0.25, -0.2) is 0 Å². The summed E-state index contributed by atoms with van der Waals surface area (Å²) < 4.78 is 0. The smallest absolute Gasteiger partial charge is 0.258 e. The fourth-order valence-electron chi connectivity index (χ4n) is 1.01. The van der Waals surface area contributed by atoms with Gasteiger partial charge in [-0.3, -0.25) is 9.79 Å². The van der Waals surface area contributed by atoms with Crippen LogP contribution in [-0.4, -0.2) is 31.2 Å². The van der Waals surface area contributed by atoms with Crippen molar-refractivity contribution in [1.29, 1.82) is 0 Å². The molecule has 0 fully saturated rings. The highest BCUT2D eigenvalue weighted by atomic mass is 16.2. The molecule has 1 aromatic rings. The van der Waals surface area contributed by atoms with Crippen LogP contribution in [0, 0.1) is 0 Å². The Bertz CT molecular complexity index is 306. The number of carbonyl (C=O) groups is 1. The maximum Gasteiger partial charge on any atom is 0.258 e. The normalized spacial score (nSPS) is 10.3. The highest BCUT2D eigenvalue weighted by molar-refractivity contribution is 6.00. The largest absolute Gasteiger partial charge is 0.302 e. The number of amides is 1. The van der Waals surface area contributed by atoms with Crippen molar-refractivity contribution in [2.24, 2.45) is 4.99 Å². The van der Waals surface area contributed by atoms with Crippen LogP contribution in [0.25, 0.3) is 0 Å². The average molecular weight is 176 g/mol. The summed E-state index contributed by atoms with van der Waals surface area (Å²) in [6, 6.07) is 9.11. The molecule has 3 nitrogen and oxygen atoms in total. The van der Waals surface area contributed by atoms with Gasteiger partial charge in [-0.2, -0.15) is 0 Å². The van der Waals surface area contributed by atoms with Gasteiger partial charge in [0.1, 0.15) is 0 Å². The number of rotatable bonds is 2. The quantitative estimate of drug-likeness (QED) is 0.495. The van der Waals surface area contributed by atoms with E-state index < -0.39 is 0 Å². The average Bonchev–Trinajstić information content (AvgIpc) is 2.18. The molecule has 0 atom stereocenters. The number of hydrogen-bond donors (Lipinski definition) is 0. The molecule has 0 spiro atoms. The van der Waals surface area contributed by atoms with Crippen LogP contribution in [0.15, 0.2) is 35.3 Å². The zero-order valence-electron chi connectivity index (χ0n) is 7.77. The second-order valence-corrected chi connectivity index (χ2v) is 2.66. The van der Waals surface area contributed by atoms with E-state index in [0.717, 1.165) is 0 Å². The summed E-state index contributed by atoms with van der Waals surface area (Å²) in [5.41, 5.74) is 0.671. The first-order valence-corrected chi connectivity index (χ1v) is 4.00. The molecule has 0 bridgehead atoms. The lowest BCUT2D eigenvalue weighted by Gasteiger charge is -2.09. The highest BCUT2D eigenvalue weighted by Crippen LogP contribution is 2.01. The zero-order valence-corrected chi connectivity index (χ0v) is 7.77. The van der Waals surface area contributed by atoms with Crippen LogP contribution in [0.4, 0.5) is 0 Å². The summed E-state index contributed by atoms with van der Waals surface area (Å²) in [5.74, 6) is -0.0498. The second kappa shape index (κ2) is 4.40. The third-order valence-electron chi connectivity index (χ3n) is 1.63. The predicted molar refractivity (Wildman–Crippen MR) is 53.0 cm³/mol. The minimum absolute atomic E-state index is 0.0498. The summed E-state index contributed by atoms with van der Waals surface area (Å²) in [4.78, 5) is 16.8. The van der Waals surface area contributed by atoms with E-state index in [9.17, 15) is 4.79 Å². The summed E-state index contributed by atoms with van der Waals surface area (Å²) >= 11 is 0. The van der Waals surface area contributed by atoms with Crippen LogP contribution < -0.4 is 0 Å². The molecule has 0 aromatic heterocycles. The number of hydrogen-bond acceptors (Lipinski definition) is 2. The third-order valence-corrected chi connectivity index (χ3v) is 1.63. The maximum atomic E-state index is 11.6. The molecule has 1 rings (SSSR count). The minimum atomic E-state index is -0.0498. The topological polar surface area (TPSA) is 32.7 Å². The molecule has 0 aliphatic carbocycles. The van der Waals surface area contributed by atoms with E-state index in [1.807, 2.05) is 18.2 Å². The van der Waals surface area contributed by atoms with Gasteiger partial charge in [-0.1, -0.05) is 18.2 Å². The summed E-state index contributed by atoms with van der Waals surface area (Å²) in [5, 5.41) is 0. The van der Waals surface area contributed by atoms with E-state index in [1.165, 1.54) is 11.2 Å². The van der Waals surface area contributed by atoms with Crippen LogP contribution in [0.2, 0.25) is 0 Å². The predicted octanol–water partition coefficient (Wildman–Crippen LogP) is 1.42. The fourth-order valence-corrected chi connectivity index (χ4v) is 1.01. The van der Waals surface area contributed by atoms with Crippen molar-refractivity contribution < 1.29 is 4.79 Å². The lowest BCUT2D eigenvalue weighted by molar-refractivity contribution is 0.0875. The number of nitrogens with zero attached hydrogens (tertiary/aromatic N) is 2. The Morgan fingerprint density at radius 3 is 2.54 bits per heavy atom. The summed E-state index contributed by atoms with van der Waals surface area (Å²) in [6.07, 6.45) is 1.50. The third kappa shape index (κ3) is 2.40. The molecule has 0 saturated heterocycles. The second-order valence-electron chi connectivity index (χ2n) is 2.66. The van der Waals surface area contributed by atoms with Gasteiger partial charge in [0.25, 0.3) is 5.91 Å². The van der Waals surface area contributed by atoms with Crippen molar-refractivity contribution in [3.8, 4) is 0 Å². The standard InChI is InChI=1S/C10H12N2O/c1-11-8-12(2)10(13)9-6-4-3-5-7-9/h3-8H,1-2H3/b11-8-. The minimum Gasteiger partial charge on any atom is -0.302 e. The molecule has 0 radical (unpaired) electrons. The molecular formula is C10H12N2O. The lowest BCUT2D eigenvalue weighted by atomic mass is 10.2. The molecule has 3 heteroatoms. The Morgan fingerprint density at radius 2 is 2.00 bits per heavy atom. The summed E-state index contributed by atoms with van der Waals surface area (Å²) in [7, 11) is 3.32. The first-order valence-electron chi connectivity index (χ1n) is 4.00. The van der Waals surface area contributed by atoms with Crippen molar-refractivity contribution in [2.75, 3.05) is 14.1 Å². The Labute approximate surface area is 77.7 Å². The lowest BCUT2D eigenvalue weighted by Crippen LogP contribution is -2.24. The highest BCUT2D eigenvalue weighted by Gasteiger charge is 2.07. The molecule has 13 heavy (non-hydrogen) atoms. The van der Waals surface area contributed by atoms with Gasteiger partial charge >= 0.3 is 0 Å². The number of carbonyl (C=O) groups excluding carboxylic acids is 1. The molecular weight excluding hydrogens is 164 g/mol. The van der Waals surface area contributed by atoms with E-state index in [-0.39, 0.29) is 5.91 Å². The molecule has 0 saturated carbocycles. The van der Waals surface area contributed by atoms with E-state index >= 15 is 0 Å². The van der Waals surface area contributed by atoms with Gasteiger partial charge in [-0.15, -0.1) is 0 Å². The Kier molecular flexibility index (Phi) is 3.20.